The second kappa shape index (κ2) is 9.07. The van der Waals surface area contributed by atoms with Crippen LogP contribution in [-0.4, -0.2) is 45.3 Å². The number of nitrogens with one attached hydrogen (secondary N) is 2. The molecule has 3 aliphatic carbocycles. The minimum atomic E-state index is -3.71. The van der Waals surface area contributed by atoms with E-state index in [9.17, 15) is 13.2 Å². The molecule has 2 saturated carbocycles. The third-order valence-electron chi connectivity index (χ3n) is 7.36. The lowest BCUT2D eigenvalue weighted by molar-refractivity contribution is -0.119. The fourth-order valence-electron chi connectivity index (χ4n) is 5.03. The van der Waals surface area contributed by atoms with E-state index in [1.807, 2.05) is 24.6 Å². The fraction of sp³-hybridized carbons (Fsp3) is 0.583. The van der Waals surface area contributed by atoms with Crippen LogP contribution < -0.4 is 10.0 Å². The highest BCUT2D eigenvalue weighted by Crippen LogP contribution is 2.42. The third-order valence-corrected chi connectivity index (χ3v) is 10.4. The molecule has 0 aromatic carbocycles. The summed E-state index contributed by atoms with van der Waals surface area (Å²) < 4.78 is 33.7. The predicted octanol–water partition coefficient (Wildman–Crippen LogP) is 3.07. The molecule has 12 heteroatoms. The first-order valence-electron chi connectivity index (χ1n) is 12.6. The zero-order valence-corrected chi connectivity index (χ0v) is 22.2. The molecule has 2 N–H and O–H groups in total. The van der Waals surface area contributed by atoms with Gasteiger partial charge in [0, 0.05) is 47.8 Å². The molecular formula is C24H31N7O3S2. The Bertz CT molecular complexity index is 1410. The number of carbonyl (C=O) groups excluding carboxylic acids is 1. The van der Waals surface area contributed by atoms with Crippen LogP contribution >= 0.6 is 11.3 Å². The van der Waals surface area contributed by atoms with Gasteiger partial charge in [-0.25, -0.2) is 13.1 Å². The number of fused-ring (bicyclic) bond motifs is 1. The molecule has 10 nitrogen and oxygen atoms in total. The lowest BCUT2D eigenvalue weighted by Crippen LogP contribution is -2.28. The van der Waals surface area contributed by atoms with E-state index in [1.54, 1.807) is 11.0 Å². The summed E-state index contributed by atoms with van der Waals surface area (Å²) in [5.41, 5.74) is 1.75. The van der Waals surface area contributed by atoms with E-state index >= 15 is 0 Å². The summed E-state index contributed by atoms with van der Waals surface area (Å²) in [6.07, 6.45) is 8.06. The summed E-state index contributed by atoms with van der Waals surface area (Å²) in [5, 5.41) is 16.1. The molecule has 36 heavy (non-hydrogen) atoms. The Hall–Kier alpha value is -2.57. The molecule has 2 fully saturated rings. The number of aryl methyl sites for hydroxylation is 3. The highest BCUT2D eigenvalue weighted by Gasteiger charge is 2.37. The topological polar surface area (TPSA) is 124 Å². The molecule has 0 radical (unpaired) electrons. The van der Waals surface area contributed by atoms with Crippen molar-refractivity contribution in [2.75, 3.05) is 11.9 Å². The van der Waals surface area contributed by atoms with Gasteiger partial charge in [-0.1, -0.05) is 0 Å². The second-order valence-corrected chi connectivity index (χ2v) is 13.2. The summed E-state index contributed by atoms with van der Waals surface area (Å²) >= 11 is 1.52. The largest absolute Gasteiger partial charge is 0.309 e. The number of hydrogen-bond donors (Lipinski definition) is 2. The van der Waals surface area contributed by atoms with Gasteiger partial charge in [0.15, 0.2) is 0 Å². The molecule has 0 saturated heterocycles. The zero-order valence-electron chi connectivity index (χ0n) is 20.5. The van der Waals surface area contributed by atoms with Gasteiger partial charge in [-0.2, -0.15) is 5.10 Å². The maximum Gasteiger partial charge on any atom is 0.241 e. The third kappa shape index (κ3) is 4.73. The molecule has 1 unspecified atom stereocenters. The summed E-state index contributed by atoms with van der Waals surface area (Å²) in [6.45, 7) is 2.40. The van der Waals surface area contributed by atoms with Gasteiger partial charge in [0.2, 0.25) is 16.0 Å². The maximum atomic E-state index is 13.6. The Morgan fingerprint density at radius 3 is 2.72 bits per heavy atom. The first-order chi connectivity index (χ1) is 17.3. The van der Waals surface area contributed by atoms with Gasteiger partial charge in [0.1, 0.15) is 17.9 Å². The van der Waals surface area contributed by atoms with Crippen molar-refractivity contribution in [2.45, 2.75) is 69.2 Å². The molecule has 0 amide bonds. The van der Waals surface area contributed by atoms with Crippen LogP contribution in [0.15, 0.2) is 17.3 Å². The average Bonchev–Trinajstić information content (AvgIpc) is 3.74. The molecule has 0 aliphatic heterocycles. The van der Waals surface area contributed by atoms with Crippen molar-refractivity contribution in [3.63, 3.8) is 0 Å². The molecular weight excluding hydrogens is 498 g/mol. The molecule has 6 rings (SSSR count). The van der Waals surface area contributed by atoms with Gasteiger partial charge in [-0.15, -0.1) is 21.5 Å². The van der Waals surface area contributed by atoms with Gasteiger partial charge < -0.3 is 5.32 Å². The number of ketones is 1. The SMILES string of the molecule is Cc1cc(Nc2nncn2C2CCc3sc(CC(=O)C4CC4)c(S(=O)(=O)NCC4CC4)c3C2)n(C)n1. The Morgan fingerprint density at radius 2 is 2.03 bits per heavy atom. The van der Waals surface area contributed by atoms with Crippen LogP contribution in [0.25, 0.3) is 0 Å². The Kier molecular flexibility index (Phi) is 6.00. The van der Waals surface area contributed by atoms with Crippen LogP contribution in [-0.2, 0) is 41.1 Å². The number of thiophene rings is 1. The number of anilines is 2. The Morgan fingerprint density at radius 1 is 1.22 bits per heavy atom. The normalized spacial score (nSPS) is 19.9. The van der Waals surface area contributed by atoms with E-state index in [1.165, 1.54) is 11.3 Å². The number of carbonyl (C=O) groups is 1. The van der Waals surface area contributed by atoms with Crippen molar-refractivity contribution in [1.82, 2.24) is 29.3 Å². The van der Waals surface area contributed by atoms with Crippen LogP contribution in [0.4, 0.5) is 11.8 Å². The molecule has 3 aromatic heterocycles. The lowest BCUT2D eigenvalue weighted by Gasteiger charge is -2.25. The van der Waals surface area contributed by atoms with E-state index in [0.717, 1.165) is 60.5 Å². The maximum absolute atomic E-state index is 13.6. The Labute approximate surface area is 214 Å². The van der Waals surface area contributed by atoms with Crippen molar-refractivity contribution in [1.29, 1.82) is 0 Å². The number of nitrogens with zero attached hydrogens (tertiary/aromatic N) is 5. The summed E-state index contributed by atoms with van der Waals surface area (Å²) in [5.74, 6) is 2.11. The van der Waals surface area contributed by atoms with Crippen LogP contribution in [0, 0.1) is 18.8 Å². The monoisotopic (exact) mass is 529 g/mol. The van der Waals surface area contributed by atoms with Crippen LogP contribution in [0.2, 0.25) is 0 Å². The number of hydrogen-bond acceptors (Lipinski definition) is 8. The van der Waals surface area contributed by atoms with E-state index in [0.29, 0.717) is 34.6 Å². The number of rotatable bonds is 10. The smallest absolute Gasteiger partial charge is 0.241 e. The van der Waals surface area contributed by atoms with E-state index < -0.39 is 10.0 Å². The van der Waals surface area contributed by atoms with E-state index in [4.69, 9.17) is 0 Å². The van der Waals surface area contributed by atoms with E-state index in [2.05, 4.69) is 25.3 Å². The standard InChI is InChI=1S/C24H31N7O3S2/c1-14-9-22(30(2)29-14)27-24-28-25-13-31(24)17-7-8-20-18(10-17)23(36(33,34)26-12-15-3-4-15)21(35-20)11-19(32)16-5-6-16/h9,13,15-17,26H,3-8,10-12H2,1-2H3,(H,27,28). The molecule has 0 bridgehead atoms. The van der Waals surface area contributed by atoms with Gasteiger partial charge in [-0.05, 0) is 63.4 Å². The lowest BCUT2D eigenvalue weighted by atomic mass is 9.93. The van der Waals surface area contributed by atoms with Gasteiger partial charge in [0.05, 0.1) is 10.6 Å². The molecule has 1 atom stereocenters. The highest BCUT2D eigenvalue weighted by atomic mass is 32.2. The summed E-state index contributed by atoms with van der Waals surface area (Å²) in [7, 11) is -1.84. The van der Waals surface area contributed by atoms with Crippen molar-refractivity contribution >= 4 is 38.9 Å². The van der Waals surface area contributed by atoms with Crippen LogP contribution in [0.3, 0.4) is 0 Å². The summed E-state index contributed by atoms with van der Waals surface area (Å²) in [6, 6.07) is 1.94. The molecule has 3 aromatic rings. The van der Waals surface area contributed by atoms with Crippen LogP contribution in [0.1, 0.15) is 59.2 Å². The van der Waals surface area contributed by atoms with Gasteiger partial charge in [0.25, 0.3) is 0 Å². The van der Waals surface area contributed by atoms with Gasteiger partial charge in [-0.3, -0.25) is 14.0 Å². The quantitative estimate of drug-likeness (QED) is 0.414. The molecule has 192 valence electrons. The molecule has 3 aliphatic rings. The predicted molar refractivity (Wildman–Crippen MR) is 136 cm³/mol. The number of sulfonamides is 1. The second-order valence-electron chi connectivity index (χ2n) is 10.3. The summed E-state index contributed by atoms with van der Waals surface area (Å²) in [4.78, 5) is 14.8. The van der Waals surface area contributed by atoms with Crippen molar-refractivity contribution in [3.05, 3.63) is 33.4 Å². The average molecular weight is 530 g/mol. The first-order valence-corrected chi connectivity index (χ1v) is 14.9. The van der Waals surface area contributed by atoms with Crippen molar-refractivity contribution in [2.24, 2.45) is 18.9 Å². The van der Waals surface area contributed by atoms with Crippen molar-refractivity contribution < 1.29 is 13.2 Å². The highest BCUT2D eigenvalue weighted by molar-refractivity contribution is 7.89. The first kappa shape index (κ1) is 23.8. The van der Waals surface area contributed by atoms with E-state index in [-0.39, 0.29) is 24.2 Å². The Balaban J connectivity index is 1.31. The van der Waals surface area contributed by atoms with Crippen LogP contribution in [0.5, 0.6) is 0 Å². The minimum absolute atomic E-state index is 0.00305. The number of Topliss-reactive ketones (excluding diaryl/α,β-unsaturated/α-hetero) is 1. The zero-order chi connectivity index (χ0) is 25.0. The van der Waals surface area contributed by atoms with Crippen molar-refractivity contribution in [3.8, 4) is 0 Å². The van der Waals surface area contributed by atoms with Gasteiger partial charge >= 0.3 is 0 Å². The fourth-order valence-corrected chi connectivity index (χ4v) is 8.31. The minimum Gasteiger partial charge on any atom is -0.309 e. The molecule has 0 spiro atoms. The number of aromatic nitrogens is 5. The molecule has 3 heterocycles.